The normalized spacial score (nSPS) is 17.9. The van der Waals surface area contributed by atoms with E-state index in [1.54, 1.807) is 54.9 Å². The highest BCUT2D eigenvalue weighted by atomic mass is 16.5. The summed E-state index contributed by atoms with van der Waals surface area (Å²) in [5.74, 6) is 0.316. The number of carbonyl (C=O) groups excluding carboxylic acids is 2. The molecule has 9 nitrogen and oxygen atoms in total. The lowest BCUT2D eigenvalue weighted by Crippen LogP contribution is -2.36. The summed E-state index contributed by atoms with van der Waals surface area (Å²) in [7, 11) is 0. The molecule has 0 spiro atoms. The predicted molar refractivity (Wildman–Crippen MR) is 130 cm³/mol. The molecule has 0 saturated carbocycles. The van der Waals surface area contributed by atoms with E-state index in [0.717, 1.165) is 18.4 Å². The lowest BCUT2D eigenvalue weighted by molar-refractivity contribution is -0.0224. The number of aromatic amines is 1. The molecule has 1 aliphatic heterocycles. The summed E-state index contributed by atoms with van der Waals surface area (Å²) < 4.78 is 5.66. The van der Waals surface area contributed by atoms with Gasteiger partial charge in [0, 0.05) is 24.4 Å². The number of aliphatic hydroxyl groups is 1. The quantitative estimate of drug-likeness (QED) is 0.335. The van der Waals surface area contributed by atoms with Gasteiger partial charge in [0.05, 0.1) is 36.3 Å². The van der Waals surface area contributed by atoms with E-state index in [0.29, 0.717) is 40.3 Å². The number of aliphatic hydroxyl groups excluding tert-OH is 1. The highest BCUT2D eigenvalue weighted by molar-refractivity contribution is 6.18. The Morgan fingerprint density at radius 2 is 1.94 bits per heavy atom. The van der Waals surface area contributed by atoms with Gasteiger partial charge < -0.3 is 20.1 Å². The van der Waals surface area contributed by atoms with Crippen molar-refractivity contribution in [3.63, 3.8) is 0 Å². The summed E-state index contributed by atoms with van der Waals surface area (Å²) in [5, 5.41) is 13.3. The van der Waals surface area contributed by atoms with Gasteiger partial charge in [-0.15, -0.1) is 0 Å². The topological polar surface area (TPSA) is 130 Å². The van der Waals surface area contributed by atoms with Gasteiger partial charge in [0.1, 0.15) is 23.5 Å². The van der Waals surface area contributed by atoms with Crippen molar-refractivity contribution in [3.05, 3.63) is 83.6 Å². The fourth-order valence-corrected chi connectivity index (χ4v) is 4.24. The number of nitrogens with one attached hydrogen (secondary N) is 2. The number of ether oxygens (including phenoxy) is 1. The average molecular weight is 472 g/mol. The Bertz CT molecular complexity index is 1330. The van der Waals surface area contributed by atoms with E-state index >= 15 is 0 Å². The molecule has 35 heavy (non-hydrogen) atoms. The van der Waals surface area contributed by atoms with Gasteiger partial charge in [0.2, 0.25) is 0 Å². The van der Waals surface area contributed by atoms with E-state index in [2.05, 4.69) is 25.3 Å². The van der Waals surface area contributed by atoms with Crippen LogP contribution in [0.5, 0.6) is 0 Å². The molecule has 2 atom stereocenters. The molecule has 0 aliphatic carbocycles. The van der Waals surface area contributed by atoms with E-state index in [1.165, 1.54) is 6.33 Å². The van der Waals surface area contributed by atoms with Crippen molar-refractivity contribution < 1.29 is 19.4 Å². The van der Waals surface area contributed by atoms with Crippen LogP contribution in [0, 0.1) is 0 Å². The van der Waals surface area contributed by atoms with E-state index in [1.807, 2.05) is 0 Å². The lowest BCUT2D eigenvalue weighted by atomic mass is 9.99. The molecule has 1 aliphatic rings. The van der Waals surface area contributed by atoms with Crippen molar-refractivity contribution in [3.8, 4) is 0 Å². The van der Waals surface area contributed by atoms with Crippen LogP contribution in [0.3, 0.4) is 0 Å². The molecule has 3 N–H and O–H groups in total. The average Bonchev–Trinajstić information content (AvgIpc) is 3.35. The molecule has 0 unspecified atom stereocenters. The highest BCUT2D eigenvalue weighted by Crippen LogP contribution is 2.27. The monoisotopic (exact) mass is 471 g/mol. The molecule has 4 aromatic rings. The second-order valence-corrected chi connectivity index (χ2v) is 8.55. The molecule has 4 heterocycles. The third-order valence-corrected chi connectivity index (χ3v) is 6.16. The number of hydrogen-bond acceptors (Lipinski definition) is 8. The van der Waals surface area contributed by atoms with Crippen molar-refractivity contribution >= 4 is 28.4 Å². The lowest BCUT2D eigenvalue weighted by Gasteiger charge is -2.29. The molecule has 178 valence electrons. The zero-order chi connectivity index (χ0) is 24.2. The minimum absolute atomic E-state index is 0.0109. The highest BCUT2D eigenvalue weighted by Gasteiger charge is 2.24. The number of aromatic nitrogens is 4. The maximum atomic E-state index is 13.4. The number of carbonyl (C=O) groups is 2. The number of rotatable bonds is 8. The second kappa shape index (κ2) is 10.1. The van der Waals surface area contributed by atoms with E-state index in [4.69, 9.17) is 4.74 Å². The third kappa shape index (κ3) is 4.96. The Morgan fingerprint density at radius 1 is 1.09 bits per heavy atom. The summed E-state index contributed by atoms with van der Waals surface area (Å²) in [5.41, 5.74) is 2.75. The van der Waals surface area contributed by atoms with Crippen molar-refractivity contribution in [1.82, 2.24) is 19.9 Å². The zero-order valence-corrected chi connectivity index (χ0v) is 19.0. The maximum Gasteiger partial charge on any atom is 0.195 e. The van der Waals surface area contributed by atoms with Crippen LogP contribution in [0.25, 0.3) is 11.0 Å². The third-order valence-electron chi connectivity index (χ3n) is 6.16. The van der Waals surface area contributed by atoms with Gasteiger partial charge in [-0.25, -0.2) is 9.97 Å². The largest absolute Gasteiger partial charge is 0.394 e. The van der Waals surface area contributed by atoms with Crippen molar-refractivity contribution in [2.24, 2.45) is 0 Å². The molecule has 9 heteroatoms. The molecule has 1 aromatic carbocycles. The van der Waals surface area contributed by atoms with Gasteiger partial charge in [-0.1, -0.05) is 30.3 Å². The first-order valence-electron chi connectivity index (χ1n) is 11.5. The van der Waals surface area contributed by atoms with Crippen LogP contribution < -0.4 is 5.32 Å². The van der Waals surface area contributed by atoms with Crippen LogP contribution in [-0.4, -0.2) is 62.0 Å². The SMILES string of the molecule is O=C(Cc1ccc(C(=O)c2c[nH]c3ncnc(N[C@H]4CC[C@H](CO)OC4)c23)cc1)c1ccccn1. The van der Waals surface area contributed by atoms with Gasteiger partial charge in [0.15, 0.2) is 11.6 Å². The van der Waals surface area contributed by atoms with Crippen LogP contribution in [-0.2, 0) is 11.2 Å². The Balaban J connectivity index is 1.34. The Labute approximate surface area is 201 Å². The van der Waals surface area contributed by atoms with Gasteiger partial charge in [0.25, 0.3) is 0 Å². The van der Waals surface area contributed by atoms with Crippen LogP contribution in [0.4, 0.5) is 5.82 Å². The molecular weight excluding hydrogens is 446 g/mol. The van der Waals surface area contributed by atoms with Crippen molar-refractivity contribution in [2.75, 3.05) is 18.5 Å². The summed E-state index contributed by atoms with van der Waals surface area (Å²) in [6, 6.07) is 12.3. The second-order valence-electron chi connectivity index (χ2n) is 8.55. The number of benzene rings is 1. The van der Waals surface area contributed by atoms with Crippen molar-refractivity contribution in [1.29, 1.82) is 0 Å². The number of hydrogen-bond donors (Lipinski definition) is 3. The smallest absolute Gasteiger partial charge is 0.195 e. The van der Waals surface area contributed by atoms with Gasteiger partial charge in [-0.2, -0.15) is 0 Å². The molecule has 0 bridgehead atoms. The Morgan fingerprint density at radius 3 is 2.66 bits per heavy atom. The van der Waals surface area contributed by atoms with Crippen LogP contribution in [0.1, 0.15) is 44.8 Å². The summed E-state index contributed by atoms with van der Waals surface area (Å²) in [6.45, 7) is 0.458. The molecule has 1 saturated heterocycles. The molecule has 0 radical (unpaired) electrons. The maximum absolute atomic E-state index is 13.4. The van der Waals surface area contributed by atoms with E-state index in [9.17, 15) is 14.7 Å². The first kappa shape index (κ1) is 22.8. The number of nitrogens with zero attached hydrogens (tertiary/aromatic N) is 3. The fourth-order valence-electron chi connectivity index (χ4n) is 4.24. The van der Waals surface area contributed by atoms with Crippen LogP contribution >= 0.6 is 0 Å². The Hall–Kier alpha value is -3.95. The summed E-state index contributed by atoms with van der Waals surface area (Å²) in [6.07, 6.45) is 6.33. The molecule has 5 rings (SSSR count). The minimum Gasteiger partial charge on any atom is -0.394 e. The van der Waals surface area contributed by atoms with E-state index < -0.39 is 0 Å². The zero-order valence-electron chi connectivity index (χ0n) is 19.0. The standard InChI is InChI=1S/C26H25N5O4/c32-13-19-9-8-18(14-35-19)31-26-23-20(12-28-25(23)29-15-30-26)24(34)17-6-4-16(5-7-17)11-22(33)21-3-1-2-10-27-21/h1-7,10,12,15,18-19,32H,8-9,11,13-14H2,(H2,28,29,30,31)/t18-,19+/m0/s1. The fraction of sp³-hybridized carbons (Fsp3) is 0.269. The minimum atomic E-state index is -0.169. The molecular formula is C26H25N5O4. The Kier molecular flexibility index (Phi) is 6.60. The summed E-state index contributed by atoms with van der Waals surface area (Å²) in [4.78, 5) is 41.6. The number of H-pyrrole nitrogens is 1. The predicted octanol–water partition coefficient (Wildman–Crippen LogP) is 2.96. The molecule has 0 amide bonds. The van der Waals surface area contributed by atoms with Crippen molar-refractivity contribution in [2.45, 2.75) is 31.4 Å². The summed E-state index contributed by atoms with van der Waals surface area (Å²) >= 11 is 0. The molecule has 3 aromatic heterocycles. The number of anilines is 1. The van der Waals surface area contributed by atoms with Crippen LogP contribution in [0.15, 0.2) is 61.2 Å². The van der Waals surface area contributed by atoms with E-state index in [-0.39, 0.29) is 36.7 Å². The van der Waals surface area contributed by atoms with Crippen LogP contribution in [0.2, 0.25) is 0 Å². The first-order valence-corrected chi connectivity index (χ1v) is 11.5. The van der Waals surface area contributed by atoms with Gasteiger partial charge >= 0.3 is 0 Å². The van der Waals surface area contributed by atoms with Gasteiger partial charge in [-0.3, -0.25) is 14.6 Å². The number of fused-ring (bicyclic) bond motifs is 1. The number of Topliss-reactive ketones (excluding diaryl/α,β-unsaturated/α-hetero) is 1. The first-order chi connectivity index (χ1) is 17.1. The number of pyridine rings is 1. The number of ketones is 2. The molecule has 1 fully saturated rings. The van der Waals surface area contributed by atoms with Gasteiger partial charge in [-0.05, 0) is 30.5 Å².